The molecule has 1 heterocycles. The average Bonchev–Trinajstić information content (AvgIpc) is 2.71. The van der Waals surface area contributed by atoms with Crippen molar-refractivity contribution < 1.29 is 4.79 Å². The summed E-state index contributed by atoms with van der Waals surface area (Å²) in [6.07, 6.45) is 0.813. The fraction of sp³-hybridized carbons (Fsp3) is 0.188. The van der Waals surface area contributed by atoms with Gasteiger partial charge in [0, 0.05) is 32.5 Å². The van der Waals surface area contributed by atoms with E-state index in [0.29, 0.717) is 10.6 Å². The van der Waals surface area contributed by atoms with Gasteiger partial charge in [-0.2, -0.15) is 0 Å². The minimum Gasteiger partial charge on any atom is -0.399 e. The minimum atomic E-state index is -0.0470. The van der Waals surface area contributed by atoms with Gasteiger partial charge >= 0.3 is 0 Å². The van der Waals surface area contributed by atoms with Crippen molar-refractivity contribution in [1.29, 1.82) is 0 Å². The highest BCUT2D eigenvalue weighted by molar-refractivity contribution is 9.10. The van der Waals surface area contributed by atoms with Crippen LogP contribution in [0, 0.1) is 0 Å². The van der Waals surface area contributed by atoms with Gasteiger partial charge in [0.1, 0.15) is 0 Å². The second-order valence-corrected chi connectivity index (χ2v) is 6.63. The van der Waals surface area contributed by atoms with E-state index in [2.05, 4.69) is 15.9 Å². The van der Waals surface area contributed by atoms with E-state index in [4.69, 9.17) is 17.3 Å². The van der Waals surface area contributed by atoms with Gasteiger partial charge in [0.25, 0.3) is 5.91 Å². The molecule has 3 nitrogen and oxygen atoms in total. The SMILES string of the molecule is CC1Cc2cc(N)ccc2N1C(=O)c1cc(Cl)cc(Br)c1. The van der Waals surface area contributed by atoms with E-state index in [1.165, 1.54) is 0 Å². The monoisotopic (exact) mass is 364 g/mol. The Bertz CT molecular complexity index is 712. The molecule has 1 amide bonds. The van der Waals surface area contributed by atoms with Gasteiger partial charge in [0.2, 0.25) is 0 Å². The van der Waals surface area contributed by atoms with Gasteiger partial charge in [-0.15, -0.1) is 0 Å². The molecule has 5 heteroatoms. The van der Waals surface area contributed by atoms with Crippen molar-refractivity contribution in [3.05, 3.63) is 57.0 Å². The summed E-state index contributed by atoms with van der Waals surface area (Å²) in [6.45, 7) is 2.04. The van der Waals surface area contributed by atoms with Crippen molar-refractivity contribution in [2.45, 2.75) is 19.4 Å². The summed E-state index contributed by atoms with van der Waals surface area (Å²) in [4.78, 5) is 14.6. The average molecular weight is 366 g/mol. The van der Waals surface area contributed by atoms with Gasteiger partial charge < -0.3 is 10.6 Å². The number of nitrogens with zero attached hydrogens (tertiary/aromatic N) is 1. The first kappa shape index (κ1) is 14.4. The van der Waals surface area contributed by atoms with Crippen molar-refractivity contribution in [3.63, 3.8) is 0 Å². The van der Waals surface area contributed by atoms with Gasteiger partial charge in [-0.25, -0.2) is 0 Å². The Morgan fingerprint density at radius 1 is 1.33 bits per heavy atom. The number of carbonyl (C=O) groups excluding carboxylic acids is 1. The highest BCUT2D eigenvalue weighted by Crippen LogP contribution is 2.35. The van der Waals surface area contributed by atoms with E-state index in [1.54, 1.807) is 18.2 Å². The number of carbonyl (C=O) groups is 1. The Balaban J connectivity index is 2.02. The van der Waals surface area contributed by atoms with Gasteiger partial charge in [-0.3, -0.25) is 4.79 Å². The normalized spacial score (nSPS) is 16.9. The predicted octanol–water partition coefficient (Wildman–Crippen LogP) is 4.28. The number of nitrogen functional groups attached to an aromatic ring is 1. The maximum atomic E-state index is 12.8. The number of rotatable bonds is 1. The molecule has 2 aromatic carbocycles. The van der Waals surface area contributed by atoms with Crippen molar-refractivity contribution in [3.8, 4) is 0 Å². The van der Waals surface area contributed by atoms with Crippen molar-refractivity contribution >= 4 is 44.8 Å². The van der Waals surface area contributed by atoms with Crippen LogP contribution in [0.15, 0.2) is 40.9 Å². The summed E-state index contributed by atoms with van der Waals surface area (Å²) in [5, 5.41) is 0.539. The zero-order valence-electron chi connectivity index (χ0n) is 11.4. The van der Waals surface area contributed by atoms with Crippen LogP contribution in [0.25, 0.3) is 0 Å². The predicted molar refractivity (Wildman–Crippen MR) is 90.0 cm³/mol. The minimum absolute atomic E-state index is 0.0470. The standard InChI is InChI=1S/C16H14BrClN2O/c1-9-4-10-7-14(19)2-3-15(10)20(9)16(21)11-5-12(17)8-13(18)6-11/h2-3,5-9H,4,19H2,1H3. The molecule has 0 fully saturated rings. The first-order valence-electron chi connectivity index (χ1n) is 6.64. The zero-order chi connectivity index (χ0) is 15.1. The Morgan fingerprint density at radius 2 is 2.10 bits per heavy atom. The number of nitrogens with two attached hydrogens (primary N) is 1. The summed E-state index contributed by atoms with van der Waals surface area (Å²) in [5.41, 5.74) is 9.16. The molecule has 3 rings (SSSR count). The van der Waals surface area contributed by atoms with E-state index in [1.807, 2.05) is 30.0 Å². The fourth-order valence-corrected chi connectivity index (χ4v) is 3.64. The first-order chi connectivity index (χ1) is 9.95. The van der Waals surface area contributed by atoms with Gasteiger partial charge in [0.05, 0.1) is 0 Å². The molecule has 1 aliphatic heterocycles. The smallest absolute Gasteiger partial charge is 0.258 e. The molecule has 0 aromatic heterocycles. The lowest BCUT2D eigenvalue weighted by Crippen LogP contribution is -2.35. The molecule has 1 aliphatic rings. The maximum Gasteiger partial charge on any atom is 0.258 e. The highest BCUT2D eigenvalue weighted by Gasteiger charge is 2.31. The third-order valence-electron chi connectivity index (χ3n) is 3.65. The van der Waals surface area contributed by atoms with Crippen LogP contribution in [-0.4, -0.2) is 11.9 Å². The Morgan fingerprint density at radius 3 is 2.81 bits per heavy atom. The number of anilines is 2. The summed E-state index contributed by atoms with van der Waals surface area (Å²) in [7, 11) is 0. The van der Waals surface area contributed by atoms with Gasteiger partial charge in [-0.05, 0) is 55.3 Å². The lowest BCUT2D eigenvalue weighted by molar-refractivity contribution is 0.0981. The third-order valence-corrected chi connectivity index (χ3v) is 4.32. The summed E-state index contributed by atoms with van der Waals surface area (Å²) in [6, 6.07) is 11.0. The van der Waals surface area contributed by atoms with Crippen LogP contribution in [0.3, 0.4) is 0 Å². The van der Waals surface area contributed by atoms with Crippen molar-refractivity contribution in [1.82, 2.24) is 0 Å². The number of fused-ring (bicyclic) bond motifs is 1. The number of hydrogen-bond acceptors (Lipinski definition) is 2. The van der Waals surface area contributed by atoms with Crippen LogP contribution in [0.4, 0.5) is 11.4 Å². The maximum absolute atomic E-state index is 12.8. The van der Waals surface area contributed by atoms with Crippen LogP contribution in [0.1, 0.15) is 22.8 Å². The van der Waals surface area contributed by atoms with Gasteiger partial charge in [-0.1, -0.05) is 27.5 Å². The molecule has 1 unspecified atom stereocenters. The fourth-order valence-electron chi connectivity index (χ4n) is 2.78. The van der Waals surface area contributed by atoms with E-state index in [-0.39, 0.29) is 11.9 Å². The Hall–Kier alpha value is -1.52. The molecular weight excluding hydrogens is 352 g/mol. The van der Waals surface area contributed by atoms with Gasteiger partial charge in [0.15, 0.2) is 0 Å². The Kier molecular flexibility index (Phi) is 3.68. The van der Waals surface area contributed by atoms with Crippen molar-refractivity contribution in [2.75, 3.05) is 10.6 Å². The molecule has 0 radical (unpaired) electrons. The molecule has 108 valence electrons. The van der Waals surface area contributed by atoms with Crippen LogP contribution < -0.4 is 10.6 Å². The molecule has 0 bridgehead atoms. The largest absolute Gasteiger partial charge is 0.399 e. The second-order valence-electron chi connectivity index (χ2n) is 5.27. The van der Waals surface area contributed by atoms with E-state index < -0.39 is 0 Å². The number of benzene rings is 2. The quantitative estimate of drug-likeness (QED) is 0.767. The lowest BCUT2D eigenvalue weighted by Gasteiger charge is -2.23. The van der Waals surface area contributed by atoms with Crippen LogP contribution in [-0.2, 0) is 6.42 Å². The topological polar surface area (TPSA) is 46.3 Å². The number of halogens is 2. The molecule has 0 aliphatic carbocycles. The zero-order valence-corrected chi connectivity index (χ0v) is 13.8. The third kappa shape index (κ3) is 2.65. The van der Waals surface area contributed by atoms with Crippen LogP contribution in [0.5, 0.6) is 0 Å². The molecule has 0 saturated carbocycles. The molecule has 2 aromatic rings. The number of hydrogen-bond donors (Lipinski definition) is 1. The van der Waals surface area contributed by atoms with E-state index in [0.717, 1.165) is 27.8 Å². The summed E-state index contributed by atoms with van der Waals surface area (Å²) in [5.74, 6) is -0.0470. The molecule has 0 spiro atoms. The summed E-state index contributed by atoms with van der Waals surface area (Å²) < 4.78 is 0.794. The molecular formula is C16H14BrClN2O. The molecule has 1 atom stereocenters. The lowest BCUT2D eigenvalue weighted by atomic mass is 10.1. The van der Waals surface area contributed by atoms with E-state index >= 15 is 0 Å². The molecule has 2 N–H and O–H groups in total. The van der Waals surface area contributed by atoms with Crippen LogP contribution >= 0.6 is 27.5 Å². The Labute approximate surface area is 136 Å². The first-order valence-corrected chi connectivity index (χ1v) is 7.81. The highest BCUT2D eigenvalue weighted by atomic mass is 79.9. The molecule has 21 heavy (non-hydrogen) atoms. The number of amides is 1. The van der Waals surface area contributed by atoms with E-state index in [9.17, 15) is 4.79 Å². The van der Waals surface area contributed by atoms with Crippen molar-refractivity contribution in [2.24, 2.45) is 0 Å². The van der Waals surface area contributed by atoms with Crippen LogP contribution in [0.2, 0.25) is 5.02 Å². The second kappa shape index (κ2) is 5.35. The summed E-state index contributed by atoms with van der Waals surface area (Å²) >= 11 is 9.42. The molecule has 0 saturated heterocycles.